The fourth-order valence-corrected chi connectivity index (χ4v) is 3.14. The molecule has 2 heterocycles. The van der Waals surface area contributed by atoms with Crippen LogP contribution >= 0.6 is 23.2 Å². The average Bonchev–Trinajstić information content (AvgIpc) is 2.81. The lowest BCUT2D eigenvalue weighted by atomic mass is 9.99. The van der Waals surface area contributed by atoms with Crippen molar-refractivity contribution in [1.82, 2.24) is 20.6 Å². The van der Waals surface area contributed by atoms with Crippen LogP contribution in [-0.2, 0) is 6.42 Å². The Morgan fingerprint density at radius 3 is 1.86 bits per heavy atom. The molecular formula is C25H34Cl2N6O4. The molecule has 2 aromatic rings. The molecule has 202 valence electrons. The van der Waals surface area contributed by atoms with E-state index >= 15 is 0 Å². The van der Waals surface area contributed by atoms with E-state index < -0.39 is 9.85 Å². The molecule has 2 N–H and O–H groups in total. The summed E-state index contributed by atoms with van der Waals surface area (Å²) in [5.41, 5.74) is 2.90. The molecule has 0 aliphatic heterocycles. The van der Waals surface area contributed by atoms with Gasteiger partial charge in [-0.2, -0.15) is 0 Å². The first-order valence-electron chi connectivity index (χ1n) is 11.8. The number of pyridine rings is 2. The van der Waals surface area contributed by atoms with Gasteiger partial charge in [-0.05, 0) is 35.1 Å². The van der Waals surface area contributed by atoms with Gasteiger partial charge < -0.3 is 10.6 Å². The molecule has 0 saturated heterocycles. The van der Waals surface area contributed by atoms with E-state index in [0.717, 1.165) is 23.5 Å². The molecule has 0 bridgehead atoms. The van der Waals surface area contributed by atoms with Crippen LogP contribution in [0.4, 0.5) is 0 Å². The second kappa shape index (κ2) is 16.5. The molecule has 2 aromatic heterocycles. The van der Waals surface area contributed by atoms with Gasteiger partial charge in [-0.3, -0.25) is 20.2 Å². The highest BCUT2D eigenvalue weighted by Gasteiger charge is 2.15. The standard InChI is InChI=1S/C13H18ClN3O2.C12H16ClN3O2/c1-9(2)6-15-12(8-17(18)19)10(3)11-4-5-13(14)16-7-11;1-9(2)6-14-11(8-16(17)18)5-10-3-4-12(13)15-7-10/h4-5,7-10,15H,6H2,1-3H3;3-4,7-9,14H,5-6H2,1-2H3/b12-8-;11-8-. The number of nitro groups is 2. The first-order chi connectivity index (χ1) is 17.4. The second-order valence-corrected chi connectivity index (χ2v) is 9.94. The summed E-state index contributed by atoms with van der Waals surface area (Å²) in [6.45, 7) is 11.5. The Hall–Kier alpha value is -3.24. The third-order valence-electron chi connectivity index (χ3n) is 4.86. The molecule has 0 spiro atoms. The van der Waals surface area contributed by atoms with Crippen molar-refractivity contribution in [3.8, 4) is 0 Å². The van der Waals surface area contributed by atoms with Crippen molar-refractivity contribution in [3.05, 3.63) is 102 Å². The zero-order valence-electron chi connectivity index (χ0n) is 21.6. The molecule has 0 aromatic carbocycles. The van der Waals surface area contributed by atoms with E-state index in [0.29, 0.717) is 53.0 Å². The lowest BCUT2D eigenvalue weighted by Crippen LogP contribution is -2.23. The van der Waals surface area contributed by atoms with Crippen molar-refractivity contribution in [2.24, 2.45) is 11.8 Å². The topological polar surface area (TPSA) is 136 Å². The van der Waals surface area contributed by atoms with E-state index in [1.807, 2.05) is 40.7 Å². The molecule has 0 amide bonds. The van der Waals surface area contributed by atoms with Crippen LogP contribution in [0.2, 0.25) is 10.3 Å². The number of nitrogens with zero attached hydrogens (tertiary/aromatic N) is 4. The van der Waals surface area contributed by atoms with E-state index in [1.165, 1.54) is 0 Å². The predicted octanol–water partition coefficient (Wildman–Crippen LogP) is 5.84. The van der Waals surface area contributed by atoms with E-state index in [-0.39, 0.29) is 5.92 Å². The molecule has 0 fully saturated rings. The van der Waals surface area contributed by atoms with Gasteiger partial charge in [0.1, 0.15) is 10.3 Å². The maximum absolute atomic E-state index is 10.7. The Bertz CT molecular complexity index is 1060. The van der Waals surface area contributed by atoms with Crippen molar-refractivity contribution in [1.29, 1.82) is 0 Å². The zero-order chi connectivity index (χ0) is 28.0. The minimum atomic E-state index is -0.452. The van der Waals surface area contributed by atoms with E-state index in [1.54, 1.807) is 30.6 Å². The second-order valence-electron chi connectivity index (χ2n) is 9.16. The van der Waals surface area contributed by atoms with Gasteiger partial charge in [0.15, 0.2) is 0 Å². The fourth-order valence-electron chi connectivity index (χ4n) is 2.92. The first-order valence-corrected chi connectivity index (χ1v) is 12.5. The Morgan fingerprint density at radius 2 is 1.41 bits per heavy atom. The quantitative estimate of drug-likeness (QED) is 0.190. The number of hydrogen-bond acceptors (Lipinski definition) is 8. The molecule has 0 saturated carbocycles. The number of allylic oxidation sites excluding steroid dienone is 2. The molecule has 37 heavy (non-hydrogen) atoms. The highest BCUT2D eigenvalue weighted by atomic mass is 35.5. The first kappa shape index (κ1) is 31.8. The van der Waals surface area contributed by atoms with Gasteiger partial charge in [-0.15, -0.1) is 0 Å². The highest BCUT2D eigenvalue weighted by molar-refractivity contribution is 6.29. The minimum absolute atomic E-state index is 0.131. The number of hydrogen-bond donors (Lipinski definition) is 2. The van der Waals surface area contributed by atoms with Gasteiger partial charge in [0.05, 0.1) is 21.2 Å². The third kappa shape index (κ3) is 14.2. The molecule has 1 atom stereocenters. The molecule has 0 radical (unpaired) electrons. The maximum Gasteiger partial charge on any atom is 0.253 e. The summed E-state index contributed by atoms with van der Waals surface area (Å²) < 4.78 is 0. The molecule has 0 aliphatic carbocycles. The average molecular weight is 553 g/mol. The van der Waals surface area contributed by atoms with Crippen molar-refractivity contribution in [2.75, 3.05) is 13.1 Å². The molecule has 10 nitrogen and oxygen atoms in total. The number of rotatable bonds is 12. The summed E-state index contributed by atoms with van der Waals surface area (Å²) in [5.74, 6) is 0.697. The van der Waals surface area contributed by atoms with Crippen LogP contribution in [-0.4, -0.2) is 32.9 Å². The largest absolute Gasteiger partial charge is 0.383 e. The van der Waals surface area contributed by atoms with Gasteiger partial charge in [0.2, 0.25) is 0 Å². The van der Waals surface area contributed by atoms with Crippen LogP contribution in [0.1, 0.15) is 51.7 Å². The van der Waals surface area contributed by atoms with Crippen molar-refractivity contribution >= 4 is 23.2 Å². The minimum Gasteiger partial charge on any atom is -0.383 e. The molecular weight excluding hydrogens is 519 g/mol. The van der Waals surface area contributed by atoms with Gasteiger partial charge in [-0.1, -0.05) is 70.0 Å². The van der Waals surface area contributed by atoms with E-state index in [4.69, 9.17) is 23.2 Å². The molecule has 0 aliphatic rings. The van der Waals surface area contributed by atoms with Crippen LogP contribution < -0.4 is 10.6 Å². The number of nitrogens with one attached hydrogen (secondary N) is 2. The van der Waals surface area contributed by atoms with Gasteiger partial charge in [0, 0.05) is 37.8 Å². The summed E-state index contributed by atoms with van der Waals surface area (Å²) in [7, 11) is 0. The lowest BCUT2D eigenvalue weighted by Gasteiger charge is -2.17. The number of aromatic nitrogens is 2. The van der Waals surface area contributed by atoms with Gasteiger partial charge in [0.25, 0.3) is 12.4 Å². The van der Waals surface area contributed by atoms with E-state index in [9.17, 15) is 20.2 Å². The van der Waals surface area contributed by atoms with Crippen LogP contribution in [0.25, 0.3) is 0 Å². The van der Waals surface area contributed by atoms with Crippen LogP contribution in [0.15, 0.2) is 60.5 Å². The summed E-state index contributed by atoms with van der Waals surface area (Å²) in [6, 6.07) is 6.98. The molecule has 1 unspecified atom stereocenters. The van der Waals surface area contributed by atoms with Gasteiger partial charge >= 0.3 is 0 Å². The predicted molar refractivity (Wildman–Crippen MR) is 146 cm³/mol. The summed E-state index contributed by atoms with van der Waals surface area (Å²) in [5, 5.41) is 28.3. The Morgan fingerprint density at radius 1 is 0.865 bits per heavy atom. The van der Waals surface area contributed by atoms with Gasteiger partial charge in [-0.25, -0.2) is 9.97 Å². The fraction of sp³-hybridized carbons (Fsp3) is 0.440. The van der Waals surface area contributed by atoms with Crippen LogP contribution in [0.3, 0.4) is 0 Å². The normalized spacial score (nSPS) is 12.6. The summed E-state index contributed by atoms with van der Waals surface area (Å²) in [4.78, 5) is 28.3. The van der Waals surface area contributed by atoms with E-state index in [2.05, 4.69) is 20.6 Å². The van der Waals surface area contributed by atoms with Crippen LogP contribution in [0, 0.1) is 32.1 Å². The third-order valence-corrected chi connectivity index (χ3v) is 5.30. The summed E-state index contributed by atoms with van der Waals surface area (Å²) in [6.07, 6.45) is 5.71. The maximum atomic E-state index is 10.7. The lowest BCUT2D eigenvalue weighted by molar-refractivity contribution is -0.404. The smallest absolute Gasteiger partial charge is 0.253 e. The van der Waals surface area contributed by atoms with Crippen LogP contribution in [0.5, 0.6) is 0 Å². The Kier molecular flexibility index (Phi) is 14.2. The molecule has 2 rings (SSSR count). The highest BCUT2D eigenvalue weighted by Crippen LogP contribution is 2.22. The van der Waals surface area contributed by atoms with Crippen molar-refractivity contribution in [3.63, 3.8) is 0 Å². The Balaban J connectivity index is 0.000000371. The van der Waals surface area contributed by atoms with Crippen molar-refractivity contribution in [2.45, 2.75) is 47.0 Å². The SMILES string of the molecule is CC(C)CN/C(=C\[N+](=O)[O-])C(C)c1ccc(Cl)nc1.CC(C)CN/C(=C\[N+](=O)[O-])Cc1ccc(Cl)nc1. The molecule has 12 heteroatoms. The monoisotopic (exact) mass is 552 g/mol. The number of halogens is 2. The Labute approximate surface area is 227 Å². The summed E-state index contributed by atoms with van der Waals surface area (Å²) >= 11 is 11.4. The zero-order valence-corrected chi connectivity index (χ0v) is 23.2. The van der Waals surface area contributed by atoms with Crippen molar-refractivity contribution < 1.29 is 9.85 Å².